The molecule has 15 amide bonds. The van der Waals surface area contributed by atoms with Gasteiger partial charge in [0.05, 0.1) is 36.3 Å². The Kier molecular flexibility index (Phi) is 26.3. The van der Waals surface area contributed by atoms with Gasteiger partial charge in [-0.25, -0.2) is 14.4 Å². The zero-order valence-electron chi connectivity index (χ0n) is 47.7. The number of nitrogens with two attached hydrogens (primary N) is 1. The minimum absolute atomic E-state index is 0.0825. The molecule has 12 atom stereocenters. The number of imide groups is 1. The third kappa shape index (κ3) is 20.6. The number of urea groups is 3. The predicted octanol–water partition coefficient (Wildman–Crippen LogP) is 0.278. The summed E-state index contributed by atoms with van der Waals surface area (Å²) >= 11 is 5.47. The zero-order valence-corrected chi connectivity index (χ0v) is 50.2. The Labute approximate surface area is 503 Å². The van der Waals surface area contributed by atoms with Crippen molar-refractivity contribution in [3.05, 3.63) is 12.2 Å². The van der Waals surface area contributed by atoms with Gasteiger partial charge in [-0.2, -0.15) is 35.3 Å². The molecule has 0 spiro atoms. The number of fused-ring (bicyclic) bond motifs is 3. The number of unbranched alkanes of at least 4 members (excludes halogenated alkanes) is 6. The third-order valence-electron chi connectivity index (χ3n) is 16.4. The lowest BCUT2D eigenvalue weighted by atomic mass is 10.0. The van der Waals surface area contributed by atoms with E-state index in [-0.39, 0.29) is 104 Å². The molecule has 12 unspecified atom stereocenters. The average Bonchev–Trinajstić information content (AvgIpc) is 3.48. The minimum atomic E-state index is -1.21. The van der Waals surface area contributed by atoms with Crippen LogP contribution in [0.25, 0.3) is 0 Å². The first-order valence-electron chi connectivity index (χ1n) is 30.1. The maximum absolute atomic E-state index is 14.3. The van der Waals surface area contributed by atoms with Crippen LogP contribution in [0.1, 0.15) is 141 Å². The molecule has 6 saturated heterocycles. The molecule has 26 nitrogen and oxygen atoms in total. The molecule has 0 aromatic heterocycles. The van der Waals surface area contributed by atoms with Crippen molar-refractivity contribution in [2.75, 3.05) is 43.4 Å². The molecule has 7 aliphatic rings. The molecule has 0 aromatic carbocycles. The fourth-order valence-corrected chi connectivity index (χ4v) is 16.3. The van der Waals surface area contributed by atoms with Gasteiger partial charge in [-0.1, -0.05) is 19.3 Å². The van der Waals surface area contributed by atoms with Crippen molar-refractivity contribution >= 4 is 107 Å². The minimum Gasteiger partial charge on any atom is -0.368 e. The second-order valence-electron chi connectivity index (χ2n) is 22.7. The quantitative estimate of drug-likeness (QED) is 0.0223. The van der Waals surface area contributed by atoms with Gasteiger partial charge < -0.3 is 69.5 Å². The molecule has 7 heterocycles. The summed E-state index contributed by atoms with van der Waals surface area (Å²) in [4.78, 5) is 153. The van der Waals surface area contributed by atoms with Crippen LogP contribution < -0.4 is 69.5 Å². The van der Waals surface area contributed by atoms with Crippen molar-refractivity contribution in [1.82, 2.24) is 68.7 Å². The van der Waals surface area contributed by atoms with Crippen LogP contribution in [0.5, 0.6) is 0 Å². The van der Waals surface area contributed by atoms with Gasteiger partial charge in [0.25, 0.3) is 11.8 Å². The molecule has 0 radical (unpaired) electrons. The number of nitrogens with zero attached hydrogens (tertiary/aromatic N) is 1. The Hall–Kier alpha value is -5.97. The summed E-state index contributed by atoms with van der Waals surface area (Å²) in [6, 6.07) is -3.21. The Morgan fingerprint density at radius 2 is 0.810 bits per heavy atom. The number of amides is 15. The molecular formula is C55H86N14O12S3. The number of primary amides is 1. The lowest BCUT2D eigenvalue weighted by molar-refractivity contribution is -0.138. The van der Waals surface area contributed by atoms with Crippen molar-refractivity contribution in [2.24, 2.45) is 5.73 Å². The standard InChI is InChI=1S/C55H86N14O12S3/c56-50(76)32(13-7-10-25-57-41(70)19-4-1-16-38-47-35(29-82-38)63-53(79)66-47)61-52(78)34(15-9-12-27-59-43(72)21-6-3-18-40-49-37(31-84-40)65-55(81)68-49)62-51(77)33(60-44(73)24-28-69-45(74)22-23-46(69)75)14-8-11-26-58-42(71)20-5-2-17-39-48-36(30-83-39)64-54(80)67-48/h22-23,32-40,47-49H,1-21,24-31H2,(H2,56,76)(H,57,70)(H,58,71)(H,59,72)(H,60,73)(H,61,78)(H,62,77)(H2,63,66,79)(H2,64,67,80)(H2,65,68,81). The van der Waals surface area contributed by atoms with Crippen LogP contribution in [-0.2, 0) is 43.2 Å². The van der Waals surface area contributed by atoms with Crippen LogP contribution in [0.4, 0.5) is 14.4 Å². The predicted molar refractivity (Wildman–Crippen MR) is 318 cm³/mol. The van der Waals surface area contributed by atoms with E-state index in [9.17, 15) is 57.5 Å². The third-order valence-corrected chi connectivity index (χ3v) is 20.9. The number of carbonyl (C=O) groups excluding carboxylic acids is 12. The lowest BCUT2D eigenvalue weighted by Crippen LogP contribution is -2.56. The van der Waals surface area contributed by atoms with E-state index in [1.165, 1.54) is 0 Å². The smallest absolute Gasteiger partial charge is 0.315 e. The van der Waals surface area contributed by atoms with Crippen LogP contribution in [-0.4, -0.2) is 190 Å². The first-order chi connectivity index (χ1) is 40.5. The number of thioether (sulfide) groups is 3. The average molecular weight is 1230 g/mol. The van der Waals surface area contributed by atoms with Crippen molar-refractivity contribution in [3.63, 3.8) is 0 Å². The van der Waals surface area contributed by atoms with Gasteiger partial charge >= 0.3 is 18.1 Å². The Balaban J connectivity index is 0.871. The van der Waals surface area contributed by atoms with E-state index < -0.39 is 53.6 Å². The van der Waals surface area contributed by atoms with Gasteiger partial charge in [-0.05, 0) is 96.3 Å². The van der Waals surface area contributed by atoms with E-state index in [2.05, 4.69) is 63.8 Å². The number of rotatable bonds is 39. The van der Waals surface area contributed by atoms with Crippen LogP contribution >= 0.6 is 35.3 Å². The van der Waals surface area contributed by atoms with Crippen molar-refractivity contribution in [1.29, 1.82) is 0 Å². The Bertz CT molecular complexity index is 2390. The highest BCUT2D eigenvalue weighted by Gasteiger charge is 2.45. The summed E-state index contributed by atoms with van der Waals surface area (Å²) in [5, 5.41) is 35.6. The largest absolute Gasteiger partial charge is 0.368 e. The first kappa shape index (κ1) is 65.6. The molecule has 0 bridgehead atoms. The summed E-state index contributed by atoms with van der Waals surface area (Å²) in [5.74, 6) is -1.71. The second-order valence-corrected chi connectivity index (χ2v) is 26.5. The molecule has 6 fully saturated rings. The summed E-state index contributed by atoms with van der Waals surface area (Å²) in [5.41, 5.74) is 5.80. The van der Waals surface area contributed by atoms with Gasteiger partial charge in [0.1, 0.15) is 18.1 Å². The summed E-state index contributed by atoms with van der Waals surface area (Å²) in [7, 11) is 0. The molecule has 7 rings (SSSR count). The normalized spacial score (nSPS) is 25.4. The second kappa shape index (κ2) is 33.7. The van der Waals surface area contributed by atoms with Crippen LogP contribution in [0, 0.1) is 0 Å². The van der Waals surface area contributed by atoms with Crippen LogP contribution in [0.3, 0.4) is 0 Å². The number of carbonyl (C=O) groups is 12. The summed E-state index contributed by atoms with van der Waals surface area (Å²) in [6.45, 7) is 0.718. The van der Waals surface area contributed by atoms with E-state index in [4.69, 9.17) is 5.73 Å². The first-order valence-corrected chi connectivity index (χ1v) is 33.2. The summed E-state index contributed by atoms with van der Waals surface area (Å²) < 4.78 is 0. The monoisotopic (exact) mass is 1230 g/mol. The lowest BCUT2D eigenvalue weighted by Gasteiger charge is -2.25. The molecule has 14 N–H and O–H groups in total. The molecule has 0 saturated carbocycles. The highest BCUT2D eigenvalue weighted by Crippen LogP contribution is 2.35. The Morgan fingerprint density at radius 3 is 1.19 bits per heavy atom. The van der Waals surface area contributed by atoms with Gasteiger partial charge in [0.2, 0.25) is 41.4 Å². The maximum atomic E-state index is 14.3. The van der Waals surface area contributed by atoms with E-state index in [1.54, 1.807) is 0 Å². The van der Waals surface area contributed by atoms with Gasteiger partial charge in [-0.15, -0.1) is 0 Å². The van der Waals surface area contributed by atoms with Crippen molar-refractivity contribution < 1.29 is 57.5 Å². The molecule has 0 aliphatic carbocycles. The van der Waals surface area contributed by atoms with Crippen LogP contribution in [0.2, 0.25) is 0 Å². The fourth-order valence-electron chi connectivity index (χ4n) is 11.7. The van der Waals surface area contributed by atoms with Crippen LogP contribution in [0.15, 0.2) is 12.2 Å². The Morgan fingerprint density at radius 1 is 0.452 bits per heavy atom. The van der Waals surface area contributed by atoms with E-state index in [1.807, 2.05) is 35.3 Å². The highest BCUT2D eigenvalue weighted by atomic mass is 32.2. The number of hydrogen-bond donors (Lipinski definition) is 13. The van der Waals surface area contributed by atoms with Crippen molar-refractivity contribution in [3.8, 4) is 0 Å². The molecule has 29 heteroatoms. The number of hydrogen-bond acceptors (Lipinski definition) is 15. The molecule has 466 valence electrons. The highest BCUT2D eigenvalue weighted by molar-refractivity contribution is 8.00. The molecular weight excluding hydrogens is 1140 g/mol. The molecule has 7 aliphatic heterocycles. The van der Waals surface area contributed by atoms with Crippen molar-refractivity contribution in [2.45, 2.75) is 211 Å². The van der Waals surface area contributed by atoms with Gasteiger partial charge in [0, 0.05) is 97.0 Å². The molecule has 84 heavy (non-hydrogen) atoms. The SMILES string of the molecule is NC(=O)C(CCCCNC(=O)CCCCC1SCC2NC(=O)NC21)NC(=O)C(CCCCNC(=O)CCCCC1SCC2NC(=O)NC21)NC(=O)C(CCCCNC(=O)CCCCC1SCC2NC(=O)NC21)NC(=O)CCN1C(=O)C=CC1=O. The van der Waals surface area contributed by atoms with E-state index in [0.717, 1.165) is 72.8 Å². The molecule has 0 aromatic rings. The maximum Gasteiger partial charge on any atom is 0.315 e. The van der Waals surface area contributed by atoms with E-state index >= 15 is 0 Å². The number of nitrogens with one attached hydrogen (secondary N) is 12. The topological polar surface area (TPSA) is 378 Å². The zero-order chi connectivity index (χ0) is 60.0. The summed E-state index contributed by atoms with van der Waals surface area (Å²) in [6.07, 6.45) is 13.0. The fraction of sp³-hybridized carbons (Fsp3) is 0.745. The van der Waals surface area contributed by atoms with E-state index in [0.29, 0.717) is 112 Å². The van der Waals surface area contributed by atoms with Gasteiger partial charge in [0.15, 0.2) is 0 Å². The van der Waals surface area contributed by atoms with Gasteiger partial charge in [-0.3, -0.25) is 48.1 Å².